The number of aromatic amines is 1. The zero-order chi connectivity index (χ0) is 10.3. The van der Waals surface area contributed by atoms with Gasteiger partial charge in [-0.2, -0.15) is 5.10 Å². The van der Waals surface area contributed by atoms with Gasteiger partial charge in [0, 0.05) is 10.9 Å². The van der Waals surface area contributed by atoms with E-state index in [9.17, 15) is 0 Å². The fraction of sp³-hybridized carbons (Fsp3) is 0.417. The minimum atomic E-state index is 0.158. The minimum Gasteiger partial charge on any atom is -0.325 e. The van der Waals surface area contributed by atoms with Crippen LogP contribution in [0.4, 0.5) is 0 Å². The molecule has 1 fully saturated rings. The Hall–Kier alpha value is -1.35. The van der Waals surface area contributed by atoms with Gasteiger partial charge in [-0.05, 0) is 43.4 Å². The largest absolute Gasteiger partial charge is 0.325 e. The summed E-state index contributed by atoms with van der Waals surface area (Å²) >= 11 is 0. The van der Waals surface area contributed by atoms with E-state index >= 15 is 0 Å². The molecule has 3 nitrogen and oxygen atoms in total. The van der Waals surface area contributed by atoms with Crippen LogP contribution < -0.4 is 5.73 Å². The topological polar surface area (TPSA) is 54.7 Å². The molecule has 15 heavy (non-hydrogen) atoms. The predicted octanol–water partition coefficient (Wildman–Crippen LogP) is 1.99. The molecule has 0 bridgehead atoms. The smallest absolute Gasteiger partial charge is 0.0650 e. The minimum absolute atomic E-state index is 0.158. The third kappa shape index (κ3) is 1.75. The van der Waals surface area contributed by atoms with Gasteiger partial charge >= 0.3 is 0 Å². The number of nitrogens with two attached hydrogens (primary N) is 1. The second-order valence-corrected chi connectivity index (χ2v) is 4.65. The summed E-state index contributed by atoms with van der Waals surface area (Å²) < 4.78 is 0. The number of benzene rings is 1. The molecule has 1 aliphatic rings. The fourth-order valence-electron chi connectivity index (χ4n) is 1.95. The van der Waals surface area contributed by atoms with E-state index in [0.717, 1.165) is 18.4 Å². The molecule has 0 amide bonds. The van der Waals surface area contributed by atoms with Gasteiger partial charge in [-0.15, -0.1) is 0 Å². The first-order chi connectivity index (χ1) is 7.25. The van der Waals surface area contributed by atoms with Crippen LogP contribution in [0.5, 0.6) is 0 Å². The van der Waals surface area contributed by atoms with Crippen molar-refractivity contribution in [1.29, 1.82) is 0 Å². The lowest BCUT2D eigenvalue weighted by atomic mass is 10.0. The summed E-state index contributed by atoms with van der Waals surface area (Å²) in [5.74, 6) is 0. The molecule has 3 rings (SSSR count). The highest BCUT2D eigenvalue weighted by Crippen LogP contribution is 2.36. The number of hydrogen-bond donors (Lipinski definition) is 2. The maximum Gasteiger partial charge on any atom is 0.0650 e. The van der Waals surface area contributed by atoms with E-state index in [1.165, 1.54) is 23.8 Å². The molecule has 78 valence electrons. The van der Waals surface area contributed by atoms with Gasteiger partial charge in [-0.3, -0.25) is 5.10 Å². The molecular formula is C12H15N3. The van der Waals surface area contributed by atoms with Crippen molar-refractivity contribution in [1.82, 2.24) is 10.2 Å². The maximum absolute atomic E-state index is 6.07. The molecule has 2 aromatic rings. The molecule has 0 aliphatic heterocycles. The third-order valence-electron chi connectivity index (χ3n) is 3.31. The number of nitrogens with zero attached hydrogens (tertiary/aromatic N) is 1. The van der Waals surface area contributed by atoms with Gasteiger partial charge in [0.05, 0.1) is 11.7 Å². The van der Waals surface area contributed by atoms with E-state index in [1.807, 2.05) is 6.20 Å². The number of nitrogens with one attached hydrogen (secondary N) is 1. The maximum atomic E-state index is 6.07. The Bertz CT molecular complexity index is 482. The molecule has 1 saturated carbocycles. The summed E-state index contributed by atoms with van der Waals surface area (Å²) in [4.78, 5) is 0. The Morgan fingerprint density at radius 3 is 3.07 bits per heavy atom. The van der Waals surface area contributed by atoms with Crippen molar-refractivity contribution in [2.45, 2.75) is 31.2 Å². The molecule has 1 aromatic carbocycles. The van der Waals surface area contributed by atoms with Crippen molar-refractivity contribution in [3.05, 3.63) is 30.0 Å². The van der Waals surface area contributed by atoms with Gasteiger partial charge in [0.1, 0.15) is 0 Å². The number of fused-ring (bicyclic) bond motifs is 1. The molecule has 0 radical (unpaired) electrons. The van der Waals surface area contributed by atoms with Crippen molar-refractivity contribution in [3.8, 4) is 0 Å². The molecule has 0 atom stereocenters. The van der Waals surface area contributed by atoms with Crippen LogP contribution in [-0.4, -0.2) is 15.7 Å². The normalized spacial score (nSPS) is 18.2. The lowest BCUT2D eigenvalue weighted by Gasteiger charge is -2.07. The number of rotatable bonds is 3. The molecular weight excluding hydrogens is 186 g/mol. The van der Waals surface area contributed by atoms with Crippen LogP contribution in [0.25, 0.3) is 10.9 Å². The van der Waals surface area contributed by atoms with Crippen molar-refractivity contribution >= 4 is 10.9 Å². The average Bonchev–Trinajstić information content (AvgIpc) is 2.80. The SMILES string of the molecule is NC1(CCc2ccc3[nH]ncc3c2)CC1. The van der Waals surface area contributed by atoms with Crippen LogP contribution in [0.1, 0.15) is 24.8 Å². The predicted molar refractivity (Wildman–Crippen MR) is 60.6 cm³/mol. The Labute approximate surface area is 88.7 Å². The van der Waals surface area contributed by atoms with Crippen molar-refractivity contribution in [2.24, 2.45) is 5.73 Å². The second-order valence-electron chi connectivity index (χ2n) is 4.65. The zero-order valence-electron chi connectivity index (χ0n) is 8.66. The first-order valence-electron chi connectivity index (χ1n) is 5.46. The Kier molecular flexibility index (Phi) is 1.83. The van der Waals surface area contributed by atoms with Gasteiger partial charge in [-0.1, -0.05) is 6.07 Å². The van der Waals surface area contributed by atoms with Gasteiger partial charge in [0.25, 0.3) is 0 Å². The summed E-state index contributed by atoms with van der Waals surface area (Å²) in [5.41, 5.74) is 8.69. The molecule has 3 N–H and O–H groups in total. The van der Waals surface area contributed by atoms with Gasteiger partial charge in [-0.25, -0.2) is 0 Å². The van der Waals surface area contributed by atoms with E-state index in [2.05, 4.69) is 28.4 Å². The van der Waals surface area contributed by atoms with E-state index in [1.54, 1.807) is 0 Å². The van der Waals surface area contributed by atoms with E-state index in [-0.39, 0.29) is 5.54 Å². The second kappa shape index (κ2) is 3.07. The van der Waals surface area contributed by atoms with Crippen LogP contribution in [-0.2, 0) is 6.42 Å². The summed E-state index contributed by atoms with van der Waals surface area (Å²) in [6.45, 7) is 0. The van der Waals surface area contributed by atoms with E-state index in [4.69, 9.17) is 5.73 Å². The standard InChI is InChI=1S/C12H15N3/c13-12(5-6-12)4-3-9-1-2-11-10(7-9)8-14-15-11/h1-2,7-8H,3-6,13H2,(H,14,15). The summed E-state index contributed by atoms with van der Waals surface area (Å²) in [5, 5.41) is 8.16. The average molecular weight is 201 g/mol. The first kappa shape index (κ1) is 8.92. The van der Waals surface area contributed by atoms with E-state index < -0.39 is 0 Å². The highest BCUT2D eigenvalue weighted by molar-refractivity contribution is 5.78. The van der Waals surface area contributed by atoms with Gasteiger partial charge < -0.3 is 5.73 Å². The van der Waals surface area contributed by atoms with E-state index in [0.29, 0.717) is 0 Å². The Morgan fingerprint density at radius 2 is 2.27 bits per heavy atom. The number of hydrogen-bond acceptors (Lipinski definition) is 2. The number of H-pyrrole nitrogens is 1. The Morgan fingerprint density at radius 1 is 1.40 bits per heavy atom. The van der Waals surface area contributed by atoms with Gasteiger partial charge in [0.15, 0.2) is 0 Å². The number of aromatic nitrogens is 2. The monoisotopic (exact) mass is 201 g/mol. The van der Waals surface area contributed by atoms with Crippen LogP contribution in [0, 0.1) is 0 Å². The molecule has 1 aromatic heterocycles. The molecule has 1 aliphatic carbocycles. The van der Waals surface area contributed by atoms with Crippen LogP contribution in [0.2, 0.25) is 0 Å². The lowest BCUT2D eigenvalue weighted by Crippen LogP contribution is -2.22. The van der Waals surface area contributed by atoms with Crippen molar-refractivity contribution in [2.75, 3.05) is 0 Å². The highest BCUT2D eigenvalue weighted by Gasteiger charge is 2.37. The highest BCUT2D eigenvalue weighted by atomic mass is 15.1. The Balaban J connectivity index is 1.78. The summed E-state index contributed by atoms with van der Waals surface area (Å²) in [7, 11) is 0. The molecule has 0 unspecified atom stereocenters. The summed E-state index contributed by atoms with van der Waals surface area (Å²) in [6.07, 6.45) is 6.45. The van der Waals surface area contributed by atoms with Crippen LogP contribution in [0.15, 0.2) is 24.4 Å². The van der Waals surface area contributed by atoms with Crippen LogP contribution in [0.3, 0.4) is 0 Å². The number of aryl methyl sites for hydroxylation is 1. The molecule has 0 spiro atoms. The summed E-state index contributed by atoms with van der Waals surface area (Å²) in [6, 6.07) is 6.45. The quantitative estimate of drug-likeness (QED) is 0.797. The zero-order valence-corrected chi connectivity index (χ0v) is 8.66. The van der Waals surface area contributed by atoms with Crippen LogP contribution >= 0.6 is 0 Å². The van der Waals surface area contributed by atoms with Crippen molar-refractivity contribution in [3.63, 3.8) is 0 Å². The lowest BCUT2D eigenvalue weighted by molar-refractivity contribution is 0.609. The third-order valence-corrected chi connectivity index (χ3v) is 3.31. The van der Waals surface area contributed by atoms with Gasteiger partial charge in [0.2, 0.25) is 0 Å². The van der Waals surface area contributed by atoms with Crippen molar-refractivity contribution < 1.29 is 0 Å². The first-order valence-corrected chi connectivity index (χ1v) is 5.46. The molecule has 1 heterocycles. The molecule has 3 heteroatoms. The molecule has 0 saturated heterocycles. The fourth-order valence-corrected chi connectivity index (χ4v) is 1.95.